The number of hydrogen-bond acceptors (Lipinski definition) is 6. The van der Waals surface area contributed by atoms with Crippen LogP contribution in [-0.4, -0.2) is 54.4 Å². The van der Waals surface area contributed by atoms with Gasteiger partial charge in [-0.25, -0.2) is 0 Å². The third-order valence-electron chi connectivity index (χ3n) is 4.92. The summed E-state index contributed by atoms with van der Waals surface area (Å²) in [6, 6.07) is 10.8. The molecule has 0 unspecified atom stereocenters. The van der Waals surface area contributed by atoms with Crippen LogP contribution in [0.2, 0.25) is 5.02 Å². The molecule has 9 nitrogen and oxygen atoms in total. The number of nitrogens with zero attached hydrogens (tertiary/aromatic N) is 3. The van der Waals surface area contributed by atoms with Crippen molar-refractivity contribution >= 4 is 40.5 Å². The van der Waals surface area contributed by atoms with E-state index in [0.29, 0.717) is 49.1 Å². The van der Waals surface area contributed by atoms with E-state index in [2.05, 4.69) is 10.2 Å². The average Bonchev–Trinajstić information content (AvgIpc) is 2.77. The molecule has 0 aliphatic carbocycles. The molecule has 164 valence electrons. The Hall–Kier alpha value is -3.33. The molecule has 0 radical (unpaired) electrons. The van der Waals surface area contributed by atoms with Gasteiger partial charge < -0.3 is 19.9 Å². The smallest absolute Gasteiger partial charge is 0.269 e. The summed E-state index contributed by atoms with van der Waals surface area (Å²) < 4.78 is 5.35. The van der Waals surface area contributed by atoms with Crippen LogP contribution in [0.4, 0.5) is 17.1 Å². The predicted octanol–water partition coefficient (Wildman–Crippen LogP) is 3.32. The lowest BCUT2D eigenvalue weighted by atomic mass is 10.2. The lowest BCUT2D eigenvalue weighted by Crippen LogP contribution is -2.48. The summed E-state index contributed by atoms with van der Waals surface area (Å²) >= 11 is 6.43. The minimum absolute atomic E-state index is 0.0510. The molecule has 10 heteroatoms. The van der Waals surface area contributed by atoms with Crippen LogP contribution in [-0.2, 0) is 9.59 Å². The number of amides is 2. The molecular weight excluding hydrogens is 424 g/mol. The van der Waals surface area contributed by atoms with Gasteiger partial charge in [0.25, 0.3) is 11.6 Å². The molecule has 2 aromatic carbocycles. The number of hydrogen-bond donors (Lipinski definition) is 1. The number of nitro benzene ring substituents is 1. The van der Waals surface area contributed by atoms with Gasteiger partial charge in [-0.05, 0) is 30.3 Å². The standard InChI is InChI=1S/C21H23ClN4O5/c1-2-21(28)25-11-9-24(10-12-25)19-8-3-15(13-18(19)22)23-20(27)14-31-17-6-4-16(5-7-17)26(29)30/h3-8,13H,2,9-12,14H2,1H3,(H,23,27). The molecule has 0 aromatic heterocycles. The molecule has 0 bridgehead atoms. The van der Waals surface area contributed by atoms with Gasteiger partial charge in [-0.3, -0.25) is 19.7 Å². The number of benzene rings is 2. The fraction of sp³-hybridized carbons (Fsp3) is 0.333. The van der Waals surface area contributed by atoms with Crippen molar-refractivity contribution < 1.29 is 19.2 Å². The van der Waals surface area contributed by atoms with Gasteiger partial charge in [-0.15, -0.1) is 0 Å². The van der Waals surface area contributed by atoms with Crippen molar-refractivity contribution in [2.75, 3.05) is 43.0 Å². The van der Waals surface area contributed by atoms with E-state index in [0.717, 1.165) is 5.69 Å². The van der Waals surface area contributed by atoms with Crippen LogP contribution in [0.3, 0.4) is 0 Å². The molecule has 0 spiro atoms. The van der Waals surface area contributed by atoms with Gasteiger partial charge in [0.15, 0.2) is 6.61 Å². The molecule has 0 atom stereocenters. The normalized spacial score (nSPS) is 13.6. The van der Waals surface area contributed by atoms with Gasteiger partial charge in [-0.2, -0.15) is 0 Å². The lowest BCUT2D eigenvalue weighted by Gasteiger charge is -2.36. The van der Waals surface area contributed by atoms with Crippen molar-refractivity contribution in [3.8, 4) is 5.75 Å². The van der Waals surface area contributed by atoms with Gasteiger partial charge in [-0.1, -0.05) is 18.5 Å². The number of carbonyl (C=O) groups excluding carboxylic acids is 2. The summed E-state index contributed by atoms with van der Waals surface area (Å²) in [7, 11) is 0. The maximum atomic E-state index is 12.2. The summed E-state index contributed by atoms with van der Waals surface area (Å²) in [6.45, 7) is 4.31. The molecule has 1 fully saturated rings. The minimum Gasteiger partial charge on any atom is -0.484 e. The zero-order valence-corrected chi connectivity index (χ0v) is 17.8. The van der Waals surface area contributed by atoms with Crippen LogP contribution in [0, 0.1) is 10.1 Å². The second-order valence-electron chi connectivity index (χ2n) is 6.98. The van der Waals surface area contributed by atoms with E-state index in [1.54, 1.807) is 12.1 Å². The summed E-state index contributed by atoms with van der Waals surface area (Å²) in [5, 5.41) is 13.9. The quantitative estimate of drug-likeness (QED) is 0.516. The number of nitro groups is 1. The third-order valence-corrected chi connectivity index (χ3v) is 5.23. The lowest BCUT2D eigenvalue weighted by molar-refractivity contribution is -0.384. The van der Waals surface area contributed by atoms with E-state index in [4.69, 9.17) is 16.3 Å². The predicted molar refractivity (Wildman–Crippen MR) is 118 cm³/mol. The van der Waals surface area contributed by atoms with Crippen LogP contribution in [0.25, 0.3) is 0 Å². The van der Waals surface area contributed by atoms with Crippen molar-refractivity contribution in [3.63, 3.8) is 0 Å². The molecule has 1 heterocycles. The summed E-state index contributed by atoms with van der Waals surface area (Å²) in [4.78, 5) is 38.1. The molecule has 31 heavy (non-hydrogen) atoms. The molecule has 1 N–H and O–H groups in total. The van der Waals surface area contributed by atoms with Crippen LogP contribution in [0.1, 0.15) is 13.3 Å². The van der Waals surface area contributed by atoms with Gasteiger partial charge >= 0.3 is 0 Å². The van der Waals surface area contributed by atoms with Crippen LogP contribution >= 0.6 is 11.6 Å². The average molecular weight is 447 g/mol. The number of anilines is 2. The van der Waals surface area contributed by atoms with E-state index in [1.807, 2.05) is 17.9 Å². The number of non-ortho nitro benzene ring substituents is 1. The number of nitrogens with one attached hydrogen (secondary N) is 1. The van der Waals surface area contributed by atoms with E-state index in [9.17, 15) is 19.7 Å². The Balaban J connectivity index is 1.52. The second-order valence-corrected chi connectivity index (χ2v) is 7.38. The first-order valence-electron chi connectivity index (χ1n) is 9.86. The summed E-state index contributed by atoms with van der Waals surface area (Å²) in [5.74, 6) is 0.128. The maximum absolute atomic E-state index is 12.2. The van der Waals surface area contributed by atoms with E-state index >= 15 is 0 Å². The number of ether oxygens (including phenoxy) is 1. The zero-order valence-electron chi connectivity index (χ0n) is 17.0. The van der Waals surface area contributed by atoms with Crippen molar-refractivity contribution in [2.45, 2.75) is 13.3 Å². The Bertz CT molecular complexity index is 959. The highest BCUT2D eigenvalue weighted by molar-refractivity contribution is 6.33. The van der Waals surface area contributed by atoms with E-state index in [1.165, 1.54) is 24.3 Å². The summed E-state index contributed by atoms with van der Waals surface area (Å²) in [6.07, 6.45) is 0.503. The Morgan fingerprint density at radius 2 is 1.81 bits per heavy atom. The topological polar surface area (TPSA) is 105 Å². The summed E-state index contributed by atoms with van der Waals surface area (Å²) in [5.41, 5.74) is 1.33. The highest BCUT2D eigenvalue weighted by atomic mass is 35.5. The molecule has 2 aromatic rings. The van der Waals surface area contributed by atoms with Crippen molar-refractivity contribution in [1.82, 2.24) is 4.90 Å². The highest BCUT2D eigenvalue weighted by Crippen LogP contribution is 2.29. The third kappa shape index (κ3) is 5.85. The molecular formula is C21H23ClN4O5. The highest BCUT2D eigenvalue weighted by Gasteiger charge is 2.21. The number of carbonyl (C=O) groups is 2. The van der Waals surface area contributed by atoms with Crippen LogP contribution < -0.4 is 15.0 Å². The monoisotopic (exact) mass is 446 g/mol. The van der Waals surface area contributed by atoms with Gasteiger partial charge in [0.05, 0.1) is 15.6 Å². The van der Waals surface area contributed by atoms with Crippen molar-refractivity contribution in [3.05, 3.63) is 57.6 Å². The zero-order chi connectivity index (χ0) is 22.4. The van der Waals surface area contributed by atoms with Gasteiger partial charge in [0.2, 0.25) is 5.91 Å². The van der Waals surface area contributed by atoms with E-state index in [-0.39, 0.29) is 24.1 Å². The van der Waals surface area contributed by atoms with Crippen LogP contribution in [0.5, 0.6) is 5.75 Å². The van der Waals surface area contributed by atoms with Crippen LogP contribution in [0.15, 0.2) is 42.5 Å². The Morgan fingerprint density at radius 1 is 1.13 bits per heavy atom. The van der Waals surface area contributed by atoms with Gasteiger partial charge in [0, 0.05) is 50.4 Å². The fourth-order valence-electron chi connectivity index (χ4n) is 3.27. The van der Waals surface area contributed by atoms with E-state index < -0.39 is 4.92 Å². The first-order valence-corrected chi connectivity index (χ1v) is 10.2. The molecule has 1 aliphatic rings. The Labute approximate surface area is 184 Å². The molecule has 1 saturated heterocycles. The first-order chi connectivity index (χ1) is 14.9. The Morgan fingerprint density at radius 3 is 2.39 bits per heavy atom. The van der Waals surface area contributed by atoms with Crippen molar-refractivity contribution in [2.24, 2.45) is 0 Å². The SMILES string of the molecule is CCC(=O)N1CCN(c2ccc(NC(=O)COc3ccc([N+](=O)[O-])cc3)cc2Cl)CC1. The number of halogens is 1. The largest absolute Gasteiger partial charge is 0.484 e. The second kappa shape index (κ2) is 10.1. The molecule has 1 aliphatic heterocycles. The molecule has 3 rings (SSSR count). The fourth-order valence-corrected chi connectivity index (χ4v) is 3.57. The van der Waals surface area contributed by atoms with Crippen molar-refractivity contribution in [1.29, 1.82) is 0 Å². The molecule has 0 saturated carbocycles. The first kappa shape index (κ1) is 22.4. The number of piperazine rings is 1. The minimum atomic E-state index is -0.505. The number of rotatable bonds is 7. The van der Waals surface area contributed by atoms with Gasteiger partial charge in [0.1, 0.15) is 5.75 Å². The Kier molecular flexibility index (Phi) is 7.30. The molecule has 2 amide bonds. The maximum Gasteiger partial charge on any atom is 0.269 e.